The summed E-state index contributed by atoms with van der Waals surface area (Å²) in [6.07, 6.45) is 4.34. The summed E-state index contributed by atoms with van der Waals surface area (Å²) in [6, 6.07) is 2.40. The van der Waals surface area contributed by atoms with E-state index >= 15 is 0 Å². The van der Waals surface area contributed by atoms with Crippen molar-refractivity contribution in [1.29, 1.82) is 5.26 Å². The lowest BCUT2D eigenvalue weighted by molar-refractivity contribution is 0.196. The zero-order valence-electron chi connectivity index (χ0n) is 8.94. The summed E-state index contributed by atoms with van der Waals surface area (Å²) in [6.45, 7) is 3.86. The zero-order chi connectivity index (χ0) is 10.6. The molecule has 1 saturated carbocycles. The minimum atomic E-state index is -0.277. The van der Waals surface area contributed by atoms with Crippen molar-refractivity contribution in [3.8, 4) is 6.07 Å². The van der Waals surface area contributed by atoms with Gasteiger partial charge in [0.1, 0.15) is 0 Å². The molecule has 0 radical (unpaired) electrons. The van der Waals surface area contributed by atoms with E-state index in [9.17, 15) is 5.11 Å². The van der Waals surface area contributed by atoms with Gasteiger partial charge in [0, 0.05) is 10.5 Å². The van der Waals surface area contributed by atoms with Gasteiger partial charge in [-0.2, -0.15) is 17.0 Å². The Morgan fingerprint density at radius 1 is 1.36 bits per heavy atom. The lowest BCUT2D eigenvalue weighted by Crippen LogP contribution is -2.26. The molecule has 4 atom stereocenters. The monoisotopic (exact) mass is 213 g/mol. The van der Waals surface area contributed by atoms with Gasteiger partial charge < -0.3 is 5.11 Å². The molecular weight excluding hydrogens is 194 g/mol. The van der Waals surface area contributed by atoms with Gasteiger partial charge in [-0.3, -0.25) is 0 Å². The van der Waals surface area contributed by atoms with Crippen LogP contribution in [0.2, 0.25) is 0 Å². The van der Waals surface area contributed by atoms with Crippen LogP contribution in [0.3, 0.4) is 0 Å². The summed E-state index contributed by atoms with van der Waals surface area (Å²) in [5.41, 5.74) is 0. The molecule has 2 nitrogen and oxygen atoms in total. The van der Waals surface area contributed by atoms with Gasteiger partial charge in [-0.15, -0.1) is 0 Å². The Hall–Kier alpha value is -0.200. The van der Waals surface area contributed by atoms with Crippen molar-refractivity contribution >= 4 is 11.8 Å². The van der Waals surface area contributed by atoms with Crippen LogP contribution in [0, 0.1) is 17.2 Å². The Morgan fingerprint density at radius 3 is 2.57 bits per heavy atom. The third-order valence-electron chi connectivity index (χ3n) is 2.94. The molecule has 4 unspecified atom stereocenters. The van der Waals surface area contributed by atoms with Crippen LogP contribution in [0.25, 0.3) is 0 Å². The van der Waals surface area contributed by atoms with E-state index in [-0.39, 0.29) is 17.3 Å². The fourth-order valence-corrected chi connectivity index (χ4v) is 3.27. The first kappa shape index (κ1) is 11.9. The normalized spacial score (nSPS) is 31.9. The lowest BCUT2D eigenvalue weighted by Gasteiger charge is -2.29. The Kier molecular flexibility index (Phi) is 4.77. The van der Waals surface area contributed by atoms with Crippen molar-refractivity contribution in [2.24, 2.45) is 5.92 Å². The van der Waals surface area contributed by atoms with Crippen LogP contribution in [0.1, 0.15) is 39.5 Å². The molecule has 1 aliphatic rings. The average molecular weight is 213 g/mol. The summed E-state index contributed by atoms with van der Waals surface area (Å²) in [4.78, 5) is 0. The molecule has 1 rings (SSSR count). The highest BCUT2D eigenvalue weighted by atomic mass is 32.2. The van der Waals surface area contributed by atoms with Crippen molar-refractivity contribution in [3.05, 3.63) is 0 Å². The molecule has 0 aliphatic heterocycles. The van der Waals surface area contributed by atoms with E-state index in [4.69, 9.17) is 5.26 Å². The van der Waals surface area contributed by atoms with Crippen LogP contribution in [0.15, 0.2) is 0 Å². The number of hydrogen-bond donors (Lipinski definition) is 1. The molecule has 3 heteroatoms. The number of nitrogens with zero attached hydrogens (tertiary/aromatic N) is 1. The smallest absolute Gasteiger partial charge is 0.0667 e. The lowest BCUT2D eigenvalue weighted by atomic mass is 9.90. The highest BCUT2D eigenvalue weighted by Crippen LogP contribution is 2.35. The van der Waals surface area contributed by atoms with Gasteiger partial charge in [0.05, 0.1) is 18.1 Å². The van der Waals surface area contributed by atoms with Crippen LogP contribution < -0.4 is 0 Å². The van der Waals surface area contributed by atoms with Gasteiger partial charge in [-0.1, -0.05) is 19.8 Å². The van der Waals surface area contributed by atoms with E-state index < -0.39 is 0 Å². The van der Waals surface area contributed by atoms with Crippen molar-refractivity contribution in [2.75, 3.05) is 0 Å². The largest absolute Gasteiger partial charge is 0.392 e. The molecule has 1 aliphatic carbocycles. The molecule has 1 fully saturated rings. The molecule has 0 amide bonds. The van der Waals surface area contributed by atoms with Crippen LogP contribution in [-0.2, 0) is 0 Å². The van der Waals surface area contributed by atoms with Crippen molar-refractivity contribution in [2.45, 2.75) is 56.1 Å². The molecular formula is C11H19NOS. The fourth-order valence-electron chi connectivity index (χ4n) is 1.80. The van der Waals surface area contributed by atoms with Gasteiger partial charge in [0.15, 0.2) is 0 Å². The first-order chi connectivity index (χ1) is 6.65. The van der Waals surface area contributed by atoms with Gasteiger partial charge in [0.2, 0.25) is 0 Å². The molecule has 0 heterocycles. The highest BCUT2D eigenvalue weighted by molar-refractivity contribution is 8.00. The Balaban J connectivity index is 2.45. The minimum Gasteiger partial charge on any atom is -0.392 e. The first-order valence-corrected chi connectivity index (χ1v) is 6.32. The molecule has 80 valence electrons. The minimum absolute atomic E-state index is 0.204. The molecule has 0 spiro atoms. The summed E-state index contributed by atoms with van der Waals surface area (Å²) >= 11 is 1.79. The maximum absolute atomic E-state index is 9.41. The predicted molar refractivity (Wildman–Crippen MR) is 60.1 cm³/mol. The number of nitriles is 1. The van der Waals surface area contributed by atoms with Crippen LogP contribution >= 0.6 is 11.8 Å². The van der Waals surface area contributed by atoms with Crippen LogP contribution in [-0.4, -0.2) is 21.7 Å². The quantitative estimate of drug-likeness (QED) is 0.783. The Labute approximate surface area is 90.7 Å². The third-order valence-corrected chi connectivity index (χ3v) is 4.67. The van der Waals surface area contributed by atoms with Crippen molar-refractivity contribution < 1.29 is 5.11 Å². The second-order valence-electron chi connectivity index (χ2n) is 4.14. The van der Waals surface area contributed by atoms with E-state index in [1.807, 2.05) is 13.8 Å². The van der Waals surface area contributed by atoms with Crippen LogP contribution in [0.5, 0.6) is 0 Å². The predicted octanol–water partition coefficient (Wildman–Crippen LogP) is 2.57. The number of rotatable bonds is 3. The number of aliphatic hydroxyl groups is 1. The highest BCUT2D eigenvalue weighted by Gasteiger charge is 2.27. The number of hydrogen-bond acceptors (Lipinski definition) is 3. The zero-order valence-corrected chi connectivity index (χ0v) is 9.76. The molecule has 0 aromatic carbocycles. The third kappa shape index (κ3) is 3.18. The second kappa shape index (κ2) is 5.63. The molecule has 14 heavy (non-hydrogen) atoms. The SMILES string of the molecule is CC(O)C(C)SC1CCCCC1C#N. The maximum atomic E-state index is 9.41. The molecule has 0 bridgehead atoms. The summed E-state index contributed by atoms with van der Waals surface area (Å²) in [5.74, 6) is 0.204. The van der Waals surface area contributed by atoms with E-state index in [0.29, 0.717) is 5.25 Å². The maximum Gasteiger partial charge on any atom is 0.0667 e. The van der Waals surface area contributed by atoms with Crippen molar-refractivity contribution in [3.63, 3.8) is 0 Å². The Morgan fingerprint density at radius 2 is 2.00 bits per heavy atom. The van der Waals surface area contributed by atoms with Gasteiger partial charge in [-0.25, -0.2) is 0 Å². The van der Waals surface area contributed by atoms with E-state index in [2.05, 4.69) is 6.07 Å². The Bertz CT molecular complexity index is 212. The first-order valence-electron chi connectivity index (χ1n) is 5.38. The summed E-state index contributed by atoms with van der Waals surface area (Å²) in [7, 11) is 0. The van der Waals surface area contributed by atoms with E-state index in [1.165, 1.54) is 12.8 Å². The number of thioether (sulfide) groups is 1. The van der Waals surface area contributed by atoms with E-state index in [0.717, 1.165) is 12.8 Å². The van der Waals surface area contributed by atoms with Crippen LogP contribution in [0.4, 0.5) is 0 Å². The summed E-state index contributed by atoms with van der Waals surface area (Å²) < 4.78 is 0. The summed E-state index contributed by atoms with van der Waals surface area (Å²) in [5, 5.41) is 19.1. The standard InChI is InChI=1S/C11H19NOS/c1-8(13)9(2)14-11-6-4-3-5-10(11)7-12/h8-11,13H,3-6H2,1-2H3. The van der Waals surface area contributed by atoms with Gasteiger partial charge in [0.25, 0.3) is 0 Å². The second-order valence-corrected chi connectivity index (χ2v) is 5.76. The fraction of sp³-hybridized carbons (Fsp3) is 0.909. The molecule has 1 N–H and O–H groups in total. The van der Waals surface area contributed by atoms with E-state index in [1.54, 1.807) is 11.8 Å². The van der Waals surface area contributed by atoms with Gasteiger partial charge in [-0.05, 0) is 19.8 Å². The van der Waals surface area contributed by atoms with Crippen molar-refractivity contribution in [1.82, 2.24) is 0 Å². The topological polar surface area (TPSA) is 44.0 Å². The molecule has 0 aromatic rings. The number of aliphatic hydroxyl groups excluding tert-OH is 1. The molecule has 0 saturated heterocycles. The molecule has 0 aromatic heterocycles. The van der Waals surface area contributed by atoms with Gasteiger partial charge >= 0.3 is 0 Å². The average Bonchev–Trinajstić information content (AvgIpc) is 2.18.